The molecule has 15 heavy (non-hydrogen) atoms. The van der Waals surface area contributed by atoms with Gasteiger partial charge in [-0.05, 0) is 26.2 Å². The molecule has 1 heterocycles. The first-order valence-corrected chi connectivity index (χ1v) is 6.10. The first kappa shape index (κ1) is 10.8. The first-order valence-electron chi connectivity index (χ1n) is 5.22. The summed E-state index contributed by atoms with van der Waals surface area (Å²) in [6.07, 6.45) is 2.65. The van der Waals surface area contributed by atoms with Crippen LogP contribution < -0.4 is 5.69 Å². The number of H-pyrrole nitrogens is 1. The molecule has 0 amide bonds. The zero-order valence-electron chi connectivity index (χ0n) is 8.64. The van der Waals surface area contributed by atoms with Crippen LogP contribution in [-0.4, -0.2) is 31.2 Å². The predicted molar refractivity (Wildman–Crippen MR) is 58.0 cm³/mol. The second kappa shape index (κ2) is 4.40. The summed E-state index contributed by atoms with van der Waals surface area (Å²) in [5, 5.41) is 16.9. The summed E-state index contributed by atoms with van der Waals surface area (Å²) >= 11 is 1.50. The highest BCUT2D eigenvalue weighted by Crippen LogP contribution is 2.33. The lowest BCUT2D eigenvalue weighted by atomic mass is 10.3. The minimum absolute atomic E-state index is 0.174. The molecule has 0 saturated heterocycles. The van der Waals surface area contributed by atoms with E-state index in [4.69, 9.17) is 0 Å². The molecule has 1 aliphatic carbocycles. The molecule has 84 valence electrons. The largest absolute Gasteiger partial charge is 0.392 e. The van der Waals surface area contributed by atoms with E-state index in [1.165, 1.54) is 11.8 Å². The summed E-state index contributed by atoms with van der Waals surface area (Å²) < 4.78 is 1.59. The van der Waals surface area contributed by atoms with Gasteiger partial charge < -0.3 is 5.11 Å². The summed E-state index contributed by atoms with van der Waals surface area (Å²) in [6, 6.07) is 0. The maximum absolute atomic E-state index is 11.3. The molecule has 0 aliphatic heterocycles. The summed E-state index contributed by atoms with van der Waals surface area (Å²) in [7, 11) is 0. The van der Waals surface area contributed by atoms with E-state index in [1.807, 2.05) is 6.92 Å². The van der Waals surface area contributed by atoms with Gasteiger partial charge in [0, 0.05) is 11.8 Å². The standard InChI is InChI=1S/C9H15N3O2S/c1-2-12-8(14)10-11-9(12)15-7-5-3-4-6(7)13/h6-7,13H,2-5H2,1H3,(H,10,14)/t6-,7-/m0/s1. The molecule has 1 aliphatic rings. The van der Waals surface area contributed by atoms with Gasteiger partial charge in [0.25, 0.3) is 0 Å². The summed E-state index contributed by atoms with van der Waals surface area (Å²) in [4.78, 5) is 11.3. The number of aromatic amines is 1. The topological polar surface area (TPSA) is 70.9 Å². The molecule has 0 spiro atoms. The SMILES string of the molecule is CCn1c(S[C@H]2CCC[C@@H]2O)n[nH]c1=O. The number of nitrogens with one attached hydrogen (secondary N) is 1. The van der Waals surface area contributed by atoms with E-state index in [0.29, 0.717) is 11.7 Å². The van der Waals surface area contributed by atoms with Gasteiger partial charge in [0.1, 0.15) is 0 Å². The Morgan fingerprint density at radius 1 is 1.67 bits per heavy atom. The Bertz CT molecular complexity index is 387. The van der Waals surface area contributed by atoms with Gasteiger partial charge in [0.15, 0.2) is 5.16 Å². The van der Waals surface area contributed by atoms with E-state index < -0.39 is 0 Å². The molecule has 5 nitrogen and oxygen atoms in total. The maximum atomic E-state index is 11.3. The van der Waals surface area contributed by atoms with Crippen molar-refractivity contribution in [3.05, 3.63) is 10.5 Å². The molecule has 0 bridgehead atoms. The van der Waals surface area contributed by atoms with E-state index in [9.17, 15) is 9.90 Å². The van der Waals surface area contributed by atoms with E-state index in [2.05, 4.69) is 10.2 Å². The van der Waals surface area contributed by atoms with Crippen LogP contribution in [0.4, 0.5) is 0 Å². The van der Waals surface area contributed by atoms with Gasteiger partial charge >= 0.3 is 5.69 Å². The molecule has 0 unspecified atom stereocenters. The summed E-state index contributed by atoms with van der Waals surface area (Å²) in [5.74, 6) is 0. The smallest absolute Gasteiger partial charge is 0.343 e. The summed E-state index contributed by atoms with van der Waals surface area (Å²) in [5.41, 5.74) is -0.174. The van der Waals surface area contributed by atoms with Gasteiger partial charge in [-0.25, -0.2) is 9.89 Å². The molecule has 2 rings (SSSR count). The van der Waals surface area contributed by atoms with Crippen molar-refractivity contribution < 1.29 is 5.11 Å². The third-order valence-electron chi connectivity index (χ3n) is 2.71. The quantitative estimate of drug-likeness (QED) is 0.796. The molecular weight excluding hydrogens is 214 g/mol. The van der Waals surface area contributed by atoms with Crippen LogP contribution in [-0.2, 0) is 6.54 Å². The van der Waals surface area contributed by atoms with Crippen molar-refractivity contribution in [2.24, 2.45) is 0 Å². The highest BCUT2D eigenvalue weighted by Gasteiger charge is 2.27. The van der Waals surface area contributed by atoms with Crippen LogP contribution >= 0.6 is 11.8 Å². The van der Waals surface area contributed by atoms with Gasteiger partial charge in [-0.1, -0.05) is 11.8 Å². The average Bonchev–Trinajstić information content (AvgIpc) is 2.76. The second-order valence-electron chi connectivity index (χ2n) is 3.71. The molecule has 2 N–H and O–H groups in total. The van der Waals surface area contributed by atoms with Gasteiger partial charge in [0.05, 0.1) is 6.10 Å². The Morgan fingerprint density at radius 2 is 2.47 bits per heavy atom. The van der Waals surface area contributed by atoms with E-state index in [-0.39, 0.29) is 17.0 Å². The van der Waals surface area contributed by atoms with E-state index >= 15 is 0 Å². The van der Waals surface area contributed by atoms with Crippen molar-refractivity contribution in [2.45, 2.75) is 49.2 Å². The van der Waals surface area contributed by atoms with Crippen LogP contribution in [0, 0.1) is 0 Å². The molecular formula is C9H15N3O2S. The Kier molecular flexibility index (Phi) is 3.16. The molecule has 1 aromatic heterocycles. The van der Waals surface area contributed by atoms with Crippen LogP contribution in [0.5, 0.6) is 0 Å². The van der Waals surface area contributed by atoms with Crippen LogP contribution in [0.15, 0.2) is 9.95 Å². The molecule has 1 aromatic rings. The number of hydrogen-bond donors (Lipinski definition) is 2. The molecule has 0 aromatic carbocycles. The van der Waals surface area contributed by atoms with Crippen molar-refractivity contribution in [3.63, 3.8) is 0 Å². The van der Waals surface area contributed by atoms with Gasteiger partial charge in [-0.2, -0.15) is 0 Å². The number of nitrogens with zero attached hydrogens (tertiary/aromatic N) is 2. The minimum atomic E-state index is -0.257. The third-order valence-corrected chi connectivity index (χ3v) is 4.09. The third kappa shape index (κ3) is 2.10. The zero-order valence-corrected chi connectivity index (χ0v) is 9.46. The predicted octanol–water partition coefficient (Wildman–Crippen LogP) is 0.597. The Hall–Kier alpha value is -0.750. The van der Waals surface area contributed by atoms with Crippen molar-refractivity contribution in [3.8, 4) is 0 Å². The van der Waals surface area contributed by atoms with Crippen molar-refractivity contribution >= 4 is 11.8 Å². The monoisotopic (exact) mass is 229 g/mol. The van der Waals surface area contributed by atoms with Crippen LogP contribution in [0.2, 0.25) is 0 Å². The molecule has 1 saturated carbocycles. The van der Waals surface area contributed by atoms with Gasteiger partial charge in [-0.3, -0.25) is 4.57 Å². The van der Waals surface area contributed by atoms with Gasteiger partial charge in [-0.15, -0.1) is 5.10 Å². The number of rotatable bonds is 3. The molecule has 2 atom stereocenters. The molecule has 1 fully saturated rings. The molecule has 0 radical (unpaired) electrons. The van der Waals surface area contributed by atoms with Gasteiger partial charge in [0.2, 0.25) is 0 Å². The van der Waals surface area contributed by atoms with Crippen LogP contribution in [0.3, 0.4) is 0 Å². The molecule has 6 heteroatoms. The first-order chi connectivity index (χ1) is 7.22. The Balaban J connectivity index is 2.13. The van der Waals surface area contributed by atoms with Crippen LogP contribution in [0.25, 0.3) is 0 Å². The van der Waals surface area contributed by atoms with E-state index in [0.717, 1.165) is 19.3 Å². The van der Waals surface area contributed by atoms with Crippen LogP contribution in [0.1, 0.15) is 26.2 Å². The lowest BCUT2D eigenvalue weighted by Crippen LogP contribution is -2.19. The number of hydrogen-bond acceptors (Lipinski definition) is 4. The average molecular weight is 229 g/mol. The summed E-state index contributed by atoms with van der Waals surface area (Å²) in [6.45, 7) is 2.52. The van der Waals surface area contributed by atoms with E-state index in [1.54, 1.807) is 4.57 Å². The van der Waals surface area contributed by atoms with Crippen molar-refractivity contribution in [2.75, 3.05) is 0 Å². The zero-order chi connectivity index (χ0) is 10.8. The van der Waals surface area contributed by atoms with Crippen molar-refractivity contribution in [1.29, 1.82) is 0 Å². The Morgan fingerprint density at radius 3 is 3.07 bits per heavy atom. The highest BCUT2D eigenvalue weighted by molar-refractivity contribution is 7.99. The normalized spacial score (nSPS) is 26.0. The number of aliphatic hydroxyl groups excluding tert-OH is 1. The fourth-order valence-corrected chi connectivity index (χ4v) is 3.14. The lowest BCUT2D eigenvalue weighted by molar-refractivity contribution is 0.188. The second-order valence-corrected chi connectivity index (χ2v) is 4.92. The number of aromatic nitrogens is 3. The number of aliphatic hydroxyl groups is 1. The minimum Gasteiger partial charge on any atom is -0.392 e. The fraction of sp³-hybridized carbons (Fsp3) is 0.778. The Labute approximate surface area is 91.9 Å². The number of thioether (sulfide) groups is 1. The van der Waals surface area contributed by atoms with Crippen molar-refractivity contribution in [1.82, 2.24) is 14.8 Å². The lowest BCUT2D eigenvalue weighted by Gasteiger charge is -2.12. The fourth-order valence-electron chi connectivity index (χ4n) is 1.85. The maximum Gasteiger partial charge on any atom is 0.343 e. The highest BCUT2D eigenvalue weighted by atomic mass is 32.2.